The van der Waals surface area contributed by atoms with Crippen molar-refractivity contribution >= 4 is 0 Å². The summed E-state index contributed by atoms with van der Waals surface area (Å²) in [6.45, 7) is 1.75. The van der Waals surface area contributed by atoms with Gasteiger partial charge in [0.05, 0.1) is 21.3 Å². The van der Waals surface area contributed by atoms with Crippen molar-refractivity contribution in [2.24, 2.45) is 0 Å². The average molecular weight is 609 g/mol. The molecular formula is C37H40N2O6. The molecule has 0 radical (unpaired) electrons. The number of aromatic hydroxyl groups is 1. The molecule has 4 heterocycles. The molecule has 234 valence electrons. The van der Waals surface area contributed by atoms with Crippen molar-refractivity contribution in [1.29, 1.82) is 0 Å². The van der Waals surface area contributed by atoms with E-state index in [1.807, 2.05) is 24.3 Å². The number of phenolic OH excluding ortho intramolecular Hbond substituents is 1. The van der Waals surface area contributed by atoms with E-state index in [1.54, 1.807) is 21.3 Å². The number of hydrogen-bond donors (Lipinski definition) is 1. The zero-order chi connectivity index (χ0) is 31.2. The van der Waals surface area contributed by atoms with E-state index in [0.29, 0.717) is 40.9 Å². The zero-order valence-electron chi connectivity index (χ0n) is 26.6. The molecule has 0 aliphatic carbocycles. The van der Waals surface area contributed by atoms with Crippen molar-refractivity contribution in [2.75, 3.05) is 48.5 Å². The number of ether oxygens (including phenoxy) is 5. The van der Waals surface area contributed by atoms with E-state index >= 15 is 0 Å². The first kappa shape index (κ1) is 29.3. The topological polar surface area (TPSA) is 72.9 Å². The van der Waals surface area contributed by atoms with Crippen LogP contribution in [0.25, 0.3) is 0 Å². The van der Waals surface area contributed by atoms with Gasteiger partial charge < -0.3 is 28.8 Å². The van der Waals surface area contributed by atoms with E-state index in [-0.39, 0.29) is 17.8 Å². The number of phenols is 1. The molecule has 1 N–H and O–H groups in total. The van der Waals surface area contributed by atoms with Crippen LogP contribution in [-0.2, 0) is 25.7 Å². The lowest BCUT2D eigenvalue weighted by Gasteiger charge is -2.37. The van der Waals surface area contributed by atoms with Crippen molar-refractivity contribution in [1.82, 2.24) is 9.80 Å². The first-order valence-electron chi connectivity index (χ1n) is 15.5. The van der Waals surface area contributed by atoms with Crippen molar-refractivity contribution in [3.8, 4) is 46.0 Å². The summed E-state index contributed by atoms with van der Waals surface area (Å²) >= 11 is 0. The molecule has 8 nitrogen and oxygen atoms in total. The summed E-state index contributed by atoms with van der Waals surface area (Å²) in [7, 11) is 9.21. The van der Waals surface area contributed by atoms with Gasteiger partial charge in [0.25, 0.3) is 0 Å². The van der Waals surface area contributed by atoms with Gasteiger partial charge >= 0.3 is 0 Å². The number of rotatable bonds is 3. The molecule has 4 aliphatic heterocycles. The van der Waals surface area contributed by atoms with Gasteiger partial charge in [-0.1, -0.05) is 18.2 Å². The molecule has 10 bridgehead atoms. The minimum absolute atomic E-state index is 0.00104. The van der Waals surface area contributed by atoms with Crippen LogP contribution < -0.4 is 23.7 Å². The summed E-state index contributed by atoms with van der Waals surface area (Å²) in [6, 6.07) is 20.8. The van der Waals surface area contributed by atoms with Crippen LogP contribution in [0.4, 0.5) is 0 Å². The van der Waals surface area contributed by atoms with Crippen LogP contribution in [0.3, 0.4) is 0 Å². The molecule has 0 saturated carbocycles. The predicted octanol–water partition coefficient (Wildman–Crippen LogP) is 6.86. The largest absolute Gasteiger partial charge is 0.502 e. The second-order valence-electron chi connectivity index (χ2n) is 12.3. The monoisotopic (exact) mass is 608 g/mol. The Labute approximate surface area is 264 Å². The van der Waals surface area contributed by atoms with E-state index in [9.17, 15) is 5.11 Å². The van der Waals surface area contributed by atoms with E-state index in [4.69, 9.17) is 23.7 Å². The lowest BCUT2D eigenvalue weighted by atomic mass is 9.87. The highest BCUT2D eigenvalue weighted by molar-refractivity contribution is 5.63. The van der Waals surface area contributed by atoms with Crippen LogP contribution in [0.2, 0.25) is 0 Å². The molecule has 0 spiro atoms. The number of benzene rings is 4. The Bertz CT molecular complexity index is 1740. The average Bonchev–Trinajstić information content (AvgIpc) is 3.05. The highest BCUT2D eigenvalue weighted by Crippen LogP contribution is 2.50. The number of fused-ring (bicyclic) bond motifs is 2. The fourth-order valence-electron chi connectivity index (χ4n) is 7.10. The SMILES string of the molecule is COc1ccc2cc1Oc1ccc(cc1)C[C@@H]1c3cc(c(OC)cc3CCN1C)Oc1c(O)c(OC)cc3c1CCN(C)[C@@H]3C2. The molecule has 4 aliphatic rings. The molecule has 0 unspecified atom stereocenters. The minimum Gasteiger partial charge on any atom is -0.502 e. The maximum atomic E-state index is 11.5. The Morgan fingerprint density at radius 1 is 0.667 bits per heavy atom. The van der Waals surface area contributed by atoms with Gasteiger partial charge in [-0.2, -0.15) is 0 Å². The van der Waals surface area contributed by atoms with Gasteiger partial charge in [0.1, 0.15) is 5.75 Å². The third-order valence-electron chi connectivity index (χ3n) is 9.68. The Morgan fingerprint density at radius 3 is 2.04 bits per heavy atom. The molecule has 0 amide bonds. The summed E-state index contributed by atoms with van der Waals surface area (Å²) in [5, 5.41) is 11.5. The molecular weight excluding hydrogens is 568 g/mol. The van der Waals surface area contributed by atoms with Gasteiger partial charge in [0.2, 0.25) is 5.75 Å². The maximum Gasteiger partial charge on any atom is 0.201 e. The Balaban J connectivity index is 1.44. The summed E-state index contributed by atoms with van der Waals surface area (Å²) < 4.78 is 30.4. The highest BCUT2D eigenvalue weighted by Gasteiger charge is 2.33. The predicted molar refractivity (Wildman–Crippen MR) is 173 cm³/mol. The van der Waals surface area contributed by atoms with E-state index in [0.717, 1.165) is 54.8 Å². The lowest BCUT2D eigenvalue weighted by Crippen LogP contribution is -2.34. The molecule has 0 saturated heterocycles. The summed E-state index contributed by atoms with van der Waals surface area (Å²) in [5.41, 5.74) is 6.80. The fourth-order valence-corrected chi connectivity index (χ4v) is 7.10. The highest BCUT2D eigenvalue weighted by atomic mass is 16.5. The molecule has 2 atom stereocenters. The molecule has 4 aromatic carbocycles. The second kappa shape index (κ2) is 11.8. The molecule has 8 heteroatoms. The Kier molecular flexibility index (Phi) is 7.71. The summed E-state index contributed by atoms with van der Waals surface area (Å²) in [5.74, 6) is 4.14. The van der Waals surface area contributed by atoms with Gasteiger partial charge in [-0.25, -0.2) is 0 Å². The van der Waals surface area contributed by atoms with Crippen LogP contribution in [0.1, 0.15) is 45.5 Å². The first-order chi connectivity index (χ1) is 21.9. The molecule has 0 fully saturated rings. The second-order valence-corrected chi connectivity index (χ2v) is 12.3. The van der Waals surface area contributed by atoms with Crippen LogP contribution in [0.15, 0.2) is 60.7 Å². The maximum absolute atomic E-state index is 11.5. The number of methoxy groups -OCH3 is 3. The van der Waals surface area contributed by atoms with Gasteiger partial charge in [-0.3, -0.25) is 9.80 Å². The van der Waals surface area contributed by atoms with Crippen LogP contribution in [-0.4, -0.2) is 63.4 Å². The van der Waals surface area contributed by atoms with Crippen molar-refractivity contribution in [3.05, 3.63) is 94.0 Å². The van der Waals surface area contributed by atoms with Gasteiger partial charge in [0.15, 0.2) is 34.5 Å². The van der Waals surface area contributed by atoms with Crippen molar-refractivity contribution in [3.63, 3.8) is 0 Å². The van der Waals surface area contributed by atoms with Crippen molar-refractivity contribution in [2.45, 2.75) is 37.8 Å². The first-order valence-corrected chi connectivity index (χ1v) is 15.5. The smallest absolute Gasteiger partial charge is 0.201 e. The van der Waals surface area contributed by atoms with Gasteiger partial charge in [-0.05, 0) is 110 Å². The Hall–Kier alpha value is -4.40. The molecule has 4 aromatic rings. The minimum atomic E-state index is -0.00104. The standard InChI is InChI=1S/C37H40N2O6/c1-38-14-12-24-19-32(42-4)34-20-27(24)29(38)16-22-6-9-25(10-7-22)44-33-18-23(8-11-31(33)41-3)17-30-28-21-35(43-5)36(40)37(45-34)26(28)13-15-39(30)2/h6-11,18-21,29-30,40H,12-17H2,1-5H3/t29-,30-/m1/s1. The quantitative estimate of drug-likeness (QED) is 0.271. The fraction of sp³-hybridized carbons (Fsp3) is 0.351. The number of nitrogens with zero attached hydrogens (tertiary/aromatic N) is 2. The number of hydrogen-bond acceptors (Lipinski definition) is 8. The Morgan fingerprint density at radius 2 is 1.31 bits per heavy atom. The third-order valence-corrected chi connectivity index (χ3v) is 9.68. The van der Waals surface area contributed by atoms with Crippen LogP contribution >= 0.6 is 0 Å². The zero-order valence-corrected chi connectivity index (χ0v) is 26.6. The summed E-state index contributed by atoms with van der Waals surface area (Å²) in [4.78, 5) is 4.74. The van der Waals surface area contributed by atoms with Gasteiger partial charge in [0, 0.05) is 30.7 Å². The lowest BCUT2D eigenvalue weighted by molar-refractivity contribution is 0.224. The van der Waals surface area contributed by atoms with E-state index in [1.165, 1.54) is 16.7 Å². The van der Waals surface area contributed by atoms with Crippen molar-refractivity contribution < 1.29 is 28.8 Å². The summed E-state index contributed by atoms with van der Waals surface area (Å²) in [6.07, 6.45) is 3.17. The van der Waals surface area contributed by atoms with Crippen LogP contribution in [0, 0.1) is 0 Å². The number of likely N-dealkylation sites (N-methyl/N-ethyl adjacent to an activating group) is 2. The molecule has 45 heavy (non-hydrogen) atoms. The third kappa shape index (κ3) is 5.32. The normalized spacial score (nSPS) is 19.4. The van der Waals surface area contributed by atoms with Gasteiger partial charge in [-0.15, -0.1) is 0 Å². The van der Waals surface area contributed by atoms with E-state index in [2.05, 4.69) is 60.3 Å². The van der Waals surface area contributed by atoms with Crippen LogP contribution in [0.5, 0.6) is 46.0 Å². The molecule has 8 rings (SSSR count). The van der Waals surface area contributed by atoms with E-state index < -0.39 is 0 Å². The molecule has 0 aromatic heterocycles.